The number of hydrazone groups is 1. The van der Waals surface area contributed by atoms with Gasteiger partial charge in [-0.05, 0) is 31.2 Å². The summed E-state index contributed by atoms with van der Waals surface area (Å²) < 4.78 is 27.3. The first kappa shape index (κ1) is 16.6. The van der Waals surface area contributed by atoms with Crippen molar-refractivity contribution in [3.05, 3.63) is 24.3 Å². The van der Waals surface area contributed by atoms with Gasteiger partial charge in [0.15, 0.2) is 15.5 Å². The normalized spacial score (nSPS) is 12.4. The van der Waals surface area contributed by atoms with Crippen molar-refractivity contribution in [1.29, 1.82) is 0 Å². The smallest absolute Gasteiger partial charge is 0.360 e. The van der Waals surface area contributed by atoms with Crippen molar-refractivity contribution in [3.63, 3.8) is 0 Å². The molecule has 0 spiro atoms. The first-order valence-corrected chi connectivity index (χ1v) is 7.76. The fourth-order valence-electron chi connectivity index (χ4n) is 1.29. The lowest BCUT2D eigenvalue weighted by molar-refractivity contribution is -0.134. The number of esters is 1. The van der Waals surface area contributed by atoms with E-state index in [0.717, 1.165) is 12.5 Å². The van der Waals surface area contributed by atoms with Crippen molar-refractivity contribution in [2.24, 2.45) is 10.3 Å². The fourth-order valence-corrected chi connectivity index (χ4v) is 1.92. The molecule has 0 aromatic heterocycles. The van der Waals surface area contributed by atoms with E-state index in [1.54, 1.807) is 6.92 Å². The molecule has 2 N–H and O–H groups in total. The van der Waals surface area contributed by atoms with Crippen molar-refractivity contribution < 1.29 is 23.2 Å². The van der Waals surface area contributed by atoms with Crippen molar-refractivity contribution in [1.82, 2.24) is 0 Å². The number of nitrogens with one attached hydrogen (secondary N) is 1. The minimum atomic E-state index is -3.27. The third-order valence-corrected chi connectivity index (χ3v) is 3.38. The average molecular weight is 313 g/mol. The zero-order chi connectivity index (χ0) is 15.9. The van der Waals surface area contributed by atoms with Crippen LogP contribution in [0.5, 0.6) is 0 Å². The summed E-state index contributed by atoms with van der Waals surface area (Å²) in [4.78, 5) is 11.6. The zero-order valence-electron chi connectivity index (χ0n) is 11.5. The number of hydrogen-bond acceptors (Lipinski definition) is 8. The van der Waals surface area contributed by atoms with Gasteiger partial charge in [-0.2, -0.15) is 5.10 Å². The topological polar surface area (TPSA) is 117 Å². The second-order valence-corrected chi connectivity index (χ2v) is 5.89. The van der Waals surface area contributed by atoms with E-state index in [9.17, 15) is 13.2 Å². The van der Waals surface area contributed by atoms with Crippen LogP contribution in [0.25, 0.3) is 0 Å². The van der Waals surface area contributed by atoms with Gasteiger partial charge in [-0.15, -0.1) is 0 Å². The number of ether oxygens (including phenoxy) is 1. The molecule has 0 unspecified atom stereocenters. The van der Waals surface area contributed by atoms with Crippen LogP contribution in [0.3, 0.4) is 0 Å². The number of sulfone groups is 1. The fraction of sp³-hybridized carbons (Fsp3) is 0.250. The predicted molar refractivity (Wildman–Crippen MR) is 77.5 cm³/mol. The van der Waals surface area contributed by atoms with E-state index < -0.39 is 15.8 Å². The largest absolute Gasteiger partial charge is 0.461 e. The molecule has 0 saturated carbocycles. The first-order valence-electron chi connectivity index (χ1n) is 5.87. The van der Waals surface area contributed by atoms with Gasteiger partial charge in [0, 0.05) is 6.26 Å². The van der Waals surface area contributed by atoms with E-state index in [1.165, 1.54) is 24.3 Å². The molecule has 8 nitrogen and oxygen atoms in total. The number of anilines is 1. The molecule has 1 aromatic rings. The molecule has 1 rings (SSSR count). The molecule has 0 fully saturated rings. The monoisotopic (exact) mass is 313 g/mol. The summed E-state index contributed by atoms with van der Waals surface area (Å²) in [5.74, 6) is -0.754. The van der Waals surface area contributed by atoms with E-state index in [-0.39, 0.29) is 17.2 Å². The van der Waals surface area contributed by atoms with Gasteiger partial charge in [0.1, 0.15) is 6.21 Å². The summed E-state index contributed by atoms with van der Waals surface area (Å²) in [6.45, 7) is 1.78. The van der Waals surface area contributed by atoms with Gasteiger partial charge in [-0.3, -0.25) is 5.43 Å². The maximum absolute atomic E-state index is 11.5. The molecule has 0 aliphatic heterocycles. The number of nitrogens with zero attached hydrogens (tertiary/aromatic N) is 2. The molecule has 0 saturated heterocycles. The summed E-state index contributed by atoms with van der Waals surface area (Å²) in [6, 6.07) is 5.77. The lowest BCUT2D eigenvalue weighted by atomic mass is 10.3. The summed E-state index contributed by atoms with van der Waals surface area (Å²) in [5.41, 5.74) is 2.76. The van der Waals surface area contributed by atoms with Gasteiger partial charge in [0.25, 0.3) is 0 Å². The Morgan fingerprint density at radius 2 is 2.00 bits per heavy atom. The molecule has 0 atom stereocenters. The minimum absolute atomic E-state index is 0.153. The van der Waals surface area contributed by atoms with E-state index in [4.69, 9.17) is 9.94 Å². The Morgan fingerprint density at radius 1 is 1.38 bits per heavy atom. The van der Waals surface area contributed by atoms with E-state index >= 15 is 0 Å². The highest BCUT2D eigenvalue weighted by atomic mass is 32.2. The standard InChI is InChI=1S/C12H15N3O5S/c1-3-20-12(16)11(8-13-17)15-14-9-4-6-10(7-5-9)21(2,18)19/h4-8,14,17H,3H2,1-2H3/b13-8+,15-11+. The second kappa shape index (κ2) is 7.39. The molecule has 114 valence electrons. The van der Waals surface area contributed by atoms with Crippen molar-refractivity contribution in [2.45, 2.75) is 11.8 Å². The van der Waals surface area contributed by atoms with Gasteiger partial charge in [0.05, 0.1) is 17.2 Å². The van der Waals surface area contributed by atoms with Crippen LogP contribution in [0.4, 0.5) is 5.69 Å². The molecule has 1 aromatic carbocycles. The quantitative estimate of drug-likeness (QED) is 0.348. The lowest BCUT2D eigenvalue weighted by Gasteiger charge is -2.04. The number of carbonyl (C=O) groups is 1. The van der Waals surface area contributed by atoms with Crippen LogP contribution in [-0.4, -0.2) is 44.4 Å². The number of rotatable bonds is 6. The molecule has 0 aliphatic carbocycles. The lowest BCUT2D eigenvalue weighted by Crippen LogP contribution is -2.20. The number of carbonyl (C=O) groups excluding carboxylic acids is 1. The zero-order valence-corrected chi connectivity index (χ0v) is 12.3. The Kier molecular flexibility index (Phi) is 5.85. The predicted octanol–water partition coefficient (Wildman–Crippen LogP) is 0.881. The summed E-state index contributed by atoms with van der Waals surface area (Å²) in [5, 5.41) is 14.9. The molecule has 0 aliphatic rings. The summed E-state index contributed by atoms with van der Waals surface area (Å²) in [6.07, 6.45) is 1.93. The summed E-state index contributed by atoms with van der Waals surface area (Å²) >= 11 is 0. The molecule has 0 heterocycles. The molecule has 0 amide bonds. The Labute approximate surface area is 122 Å². The highest BCUT2D eigenvalue weighted by molar-refractivity contribution is 7.90. The van der Waals surface area contributed by atoms with Crippen molar-refractivity contribution in [2.75, 3.05) is 18.3 Å². The van der Waals surface area contributed by atoms with Crippen LogP contribution < -0.4 is 5.43 Å². The second-order valence-electron chi connectivity index (χ2n) is 3.87. The van der Waals surface area contributed by atoms with Crippen LogP contribution in [0.15, 0.2) is 39.4 Å². The molecular formula is C12H15N3O5S. The average Bonchev–Trinajstić information content (AvgIpc) is 2.43. The Morgan fingerprint density at radius 3 is 2.48 bits per heavy atom. The van der Waals surface area contributed by atoms with E-state index in [2.05, 4.69) is 15.7 Å². The molecule has 0 bridgehead atoms. The third-order valence-electron chi connectivity index (χ3n) is 2.25. The molecule has 21 heavy (non-hydrogen) atoms. The van der Waals surface area contributed by atoms with Crippen LogP contribution in [0.1, 0.15) is 6.92 Å². The van der Waals surface area contributed by atoms with Gasteiger partial charge < -0.3 is 9.94 Å². The van der Waals surface area contributed by atoms with Crippen LogP contribution >= 0.6 is 0 Å². The number of benzene rings is 1. The molecule has 9 heteroatoms. The minimum Gasteiger partial charge on any atom is -0.461 e. The van der Waals surface area contributed by atoms with Gasteiger partial charge in [0.2, 0.25) is 0 Å². The number of hydrogen-bond donors (Lipinski definition) is 2. The third kappa shape index (κ3) is 5.22. The van der Waals surface area contributed by atoms with E-state index in [1.807, 2.05) is 0 Å². The van der Waals surface area contributed by atoms with Crippen LogP contribution in [-0.2, 0) is 19.4 Å². The van der Waals surface area contributed by atoms with Crippen LogP contribution in [0, 0.1) is 0 Å². The maximum Gasteiger partial charge on any atom is 0.360 e. The first-order chi connectivity index (χ1) is 9.88. The molecular weight excluding hydrogens is 298 g/mol. The highest BCUT2D eigenvalue weighted by Crippen LogP contribution is 2.13. The maximum atomic E-state index is 11.5. The van der Waals surface area contributed by atoms with E-state index in [0.29, 0.717) is 5.69 Å². The highest BCUT2D eigenvalue weighted by Gasteiger charge is 2.11. The number of oxime groups is 1. The van der Waals surface area contributed by atoms with Crippen molar-refractivity contribution >= 4 is 33.4 Å². The van der Waals surface area contributed by atoms with Crippen molar-refractivity contribution in [3.8, 4) is 0 Å². The SMILES string of the molecule is CCOC(=O)C(/C=N/O)=N/Nc1ccc(S(C)(=O)=O)cc1. The van der Waals surface area contributed by atoms with Gasteiger partial charge in [-0.25, -0.2) is 13.2 Å². The van der Waals surface area contributed by atoms with Crippen LogP contribution in [0.2, 0.25) is 0 Å². The van der Waals surface area contributed by atoms with Gasteiger partial charge in [-0.1, -0.05) is 5.16 Å². The Bertz CT molecular complexity index is 650. The Hall–Kier alpha value is -2.42. The van der Waals surface area contributed by atoms with Gasteiger partial charge >= 0.3 is 5.97 Å². The molecule has 0 radical (unpaired) electrons. The Balaban J connectivity index is 2.88. The summed E-state index contributed by atoms with van der Waals surface area (Å²) in [7, 11) is -3.27.